The fourth-order valence-electron chi connectivity index (χ4n) is 3.57. The summed E-state index contributed by atoms with van der Waals surface area (Å²) in [6.07, 6.45) is 4.40. The zero-order chi connectivity index (χ0) is 20.4. The monoisotopic (exact) mass is 488 g/mol. The van der Waals surface area contributed by atoms with Crippen LogP contribution < -0.4 is 0 Å². The smallest absolute Gasteiger partial charge is 0.305 e. The molecule has 0 N–H and O–H groups in total. The SMILES string of the molecule is CCOC(=O)CC[C@@H]1N=C(c2ccccn2)c2cc(Br)ccc2-n2c(C)cnc21.Cl. The summed E-state index contributed by atoms with van der Waals surface area (Å²) in [5, 5.41) is 0. The molecule has 30 heavy (non-hydrogen) atoms. The number of pyridine rings is 1. The van der Waals surface area contributed by atoms with Gasteiger partial charge in [-0.3, -0.25) is 19.3 Å². The molecule has 0 fully saturated rings. The molecule has 0 saturated carbocycles. The zero-order valence-electron chi connectivity index (χ0n) is 16.7. The number of halogens is 2. The molecule has 8 heteroatoms. The van der Waals surface area contributed by atoms with Crippen molar-refractivity contribution in [3.63, 3.8) is 0 Å². The number of esters is 1. The summed E-state index contributed by atoms with van der Waals surface area (Å²) in [6, 6.07) is 11.6. The number of nitrogens with zero attached hydrogens (tertiary/aromatic N) is 4. The molecule has 1 atom stereocenters. The Morgan fingerprint density at radius 3 is 2.80 bits per heavy atom. The van der Waals surface area contributed by atoms with Gasteiger partial charge in [-0.1, -0.05) is 22.0 Å². The second-order valence-corrected chi connectivity index (χ2v) is 7.72. The van der Waals surface area contributed by atoms with Gasteiger partial charge in [-0.05, 0) is 50.6 Å². The van der Waals surface area contributed by atoms with Crippen molar-refractivity contribution in [3.8, 4) is 5.69 Å². The molecule has 0 spiro atoms. The average molecular weight is 490 g/mol. The Balaban J connectivity index is 0.00000256. The van der Waals surface area contributed by atoms with Gasteiger partial charge in [0, 0.05) is 34.5 Å². The van der Waals surface area contributed by atoms with Crippen LogP contribution in [0.5, 0.6) is 0 Å². The van der Waals surface area contributed by atoms with Crippen molar-refractivity contribution in [3.05, 3.63) is 76.0 Å². The second kappa shape index (κ2) is 9.53. The fourth-order valence-corrected chi connectivity index (χ4v) is 3.93. The molecular weight excluding hydrogens is 468 g/mol. The highest BCUT2D eigenvalue weighted by Crippen LogP contribution is 2.34. The Hall–Kier alpha value is -2.51. The van der Waals surface area contributed by atoms with E-state index in [1.807, 2.05) is 44.3 Å². The normalized spacial score (nSPS) is 14.6. The van der Waals surface area contributed by atoms with E-state index in [0.717, 1.165) is 38.6 Å². The van der Waals surface area contributed by atoms with Crippen LogP contribution in [-0.4, -0.2) is 32.8 Å². The fraction of sp³-hybridized carbons (Fsp3) is 0.273. The minimum atomic E-state index is -0.281. The van der Waals surface area contributed by atoms with Gasteiger partial charge in [-0.25, -0.2) is 4.98 Å². The highest BCUT2D eigenvalue weighted by Gasteiger charge is 2.28. The van der Waals surface area contributed by atoms with Crippen LogP contribution >= 0.6 is 28.3 Å². The molecule has 2 aromatic heterocycles. The van der Waals surface area contributed by atoms with Gasteiger partial charge in [0.1, 0.15) is 11.9 Å². The van der Waals surface area contributed by atoms with Crippen molar-refractivity contribution in [2.45, 2.75) is 32.7 Å². The Morgan fingerprint density at radius 1 is 1.23 bits per heavy atom. The number of imidazole rings is 1. The predicted molar refractivity (Wildman–Crippen MR) is 122 cm³/mol. The lowest BCUT2D eigenvalue weighted by molar-refractivity contribution is -0.143. The van der Waals surface area contributed by atoms with E-state index in [4.69, 9.17) is 9.73 Å². The standard InChI is InChI=1S/C22H21BrN4O2.ClH/c1-3-29-20(28)10-8-18-22-25-13-14(2)27(22)19-9-7-15(23)12-16(19)21(26-18)17-6-4-5-11-24-17;/h4-7,9,11-13,18H,3,8,10H2,1-2H3;1H/t18-;/m0./s1. The number of fused-ring (bicyclic) bond motifs is 3. The van der Waals surface area contributed by atoms with Crippen LogP contribution in [0.4, 0.5) is 0 Å². The molecule has 6 nitrogen and oxygen atoms in total. The van der Waals surface area contributed by atoms with E-state index >= 15 is 0 Å². The van der Waals surface area contributed by atoms with Crippen LogP contribution in [0.15, 0.2) is 58.3 Å². The number of carbonyl (C=O) groups excluding carboxylic acids is 1. The highest BCUT2D eigenvalue weighted by molar-refractivity contribution is 9.10. The van der Waals surface area contributed by atoms with Crippen LogP contribution in [0.25, 0.3) is 5.69 Å². The number of benzene rings is 1. The summed E-state index contributed by atoms with van der Waals surface area (Å²) in [4.78, 5) is 26.2. The molecule has 3 heterocycles. The van der Waals surface area contributed by atoms with Gasteiger partial charge in [-0.2, -0.15) is 0 Å². The molecule has 0 saturated heterocycles. The lowest BCUT2D eigenvalue weighted by Crippen LogP contribution is -2.10. The first-order valence-electron chi connectivity index (χ1n) is 9.58. The minimum Gasteiger partial charge on any atom is -0.466 e. The second-order valence-electron chi connectivity index (χ2n) is 6.81. The third kappa shape index (κ3) is 4.32. The number of rotatable bonds is 5. The predicted octanol–water partition coefficient (Wildman–Crippen LogP) is 5.00. The van der Waals surface area contributed by atoms with Gasteiger partial charge in [0.25, 0.3) is 0 Å². The van der Waals surface area contributed by atoms with Crippen LogP contribution in [0.1, 0.15) is 48.6 Å². The lowest BCUT2D eigenvalue weighted by Gasteiger charge is -2.14. The number of aliphatic imine (C=N–C) groups is 1. The molecule has 0 radical (unpaired) electrons. The van der Waals surface area contributed by atoms with E-state index in [1.54, 1.807) is 6.20 Å². The van der Waals surface area contributed by atoms with Crippen LogP contribution in [0.3, 0.4) is 0 Å². The van der Waals surface area contributed by atoms with Gasteiger partial charge in [-0.15, -0.1) is 12.4 Å². The molecule has 0 unspecified atom stereocenters. The first-order chi connectivity index (χ1) is 14.1. The van der Waals surface area contributed by atoms with Crippen LogP contribution in [-0.2, 0) is 9.53 Å². The maximum absolute atomic E-state index is 12.0. The maximum atomic E-state index is 12.0. The lowest BCUT2D eigenvalue weighted by atomic mass is 10.0. The summed E-state index contributed by atoms with van der Waals surface area (Å²) in [6.45, 7) is 4.21. The molecule has 4 rings (SSSR count). The maximum Gasteiger partial charge on any atom is 0.305 e. The number of hydrogen-bond donors (Lipinski definition) is 0. The topological polar surface area (TPSA) is 69.4 Å². The Labute approximate surface area is 190 Å². The quantitative estimate of drug-likeness (QED) is 0.473. The molecular formula is C22H22BrClN4O2. The Morgan fingerprint density at radius 2 is 2.07 bits per heavy atom. The molecule has 1 aromatic carbocycles. The van der Waals surface area contributed by atoms with Gasteiger partial charge >= 0.3 is 5.97 Å². The number of aryl methyl sites for hydroxylation is 1. The van der Waals surface area contributed by atoms with Gasteiger partial charge in [0.2, 0.25) is 0 Å². The van der Waals surface area contributed by atoms with Gasteiger partial charge in [0.05, 0.1) is 23.7 Å². The van der Waals surface area contributed by atoms with Crippen molar-refractivity contribution in [1.29, 1.82) is 0 Å². The Bertz CT molecular complexity index is 1080. The largest absolute Gasteiger partial charge is 0.466 e. The average Bonchev–Trinajstić information content (AvgIpc) is 3.03. The number of carbonyl (C=O) groups is 1. The number of hydrogen-bond acceptors (Lipinski definition) is 5. The van der Waals surface area contributed by atoms with Crippen LogP contribution in [0, 0.1) is 6.92 Å². The van der Waals surface area contributed by atoms with Crippen molar-refractivity contribution in [1.82, 2.24) is 14.5 Å². The first kappa shape index (κ1) is 22.2. The molecule has 0 amide bonds. The summed E-state index contributed by atoms with van der Waals surface area (Å²) in [7, 11) is 0. The third-order valence-electron chi connectivity index (χ3n) is 4.84. The summed E-state index contributed by atoms with van der Waals surface area (Å²) < 4.78 is 8.20. The van der Waals surface area contributed by atoms with Crippen molar-refractivity contribution in [2.75, 3.05) is 6.61 Å². The third-order valence-corrected chi connectivity index (χ3v) is 5.33. The van der Waals surface area contributed by atoms with E-state index in [0.29, 0.717) is 13.0 Å². The Kier molecular flexibility index (Phi) is 7.05. The summed E-state index contributed by atoms with van der Waals surface area (Å²) in [5.74, 6) is 0.600. The van der Waals surface area contributed by atoms with E-state index in [9.17, 15) is 4.79 Å². The molecule has 156 valence electrons. The van der Waals surface area contributed by atoms with Crippen LogP contribution in [0.2, 0.25) is 0 Å². The first-order valence-corrected chi connectivity index (χ1v) is 10.4. The van der Waals surface area contributed by atoms with E-state index in [2.05, 4.69) is 42.6 Å². The molecule has 3 aromatic rings. The van der Waals surface area contributed by atoms with E-state index < -0.39 is 0 Å². The summed E-state index contributed by atoms with van der Waals surface area (Å²) in [5.41, 5.74) is 4.57. The number of ether oxygens (including phenoxy) is 1. The molecule has 1 aliphatic rings. The molecule has 1 aliphatic heterocycles. The van der Waals surface area contributed by atoms with Crippen molar-refractivity contribution < 1.29 is 9.53 Å². The molecule has 0 aliphatic carbocycles. The molecule has 0 bridgehead atoms. The van der Waals surface area contributed by atoms with Gasteiger partial charge in [0.15, 0.2) is 0 Å². The van der Waals surface area contributed by atoms with Crippen molar-refractivity contribution >= 4 is 40.0 Å². The van der Waals surface area contributed by atoms with Gasteiger partial charge < -0.3 is 4.74 Å². The highest BCUT2D eigenvalue weighted by atomic mass is 79.9. The zero-order valence-corrected chi connectivity index (χ0v) is 19.1. The van der Waals surface area contributed by atoms with Crippen molar-refractivity contribution in [2.24, 2.45) is 4.99 Å². The number of aromatic nitrogens is 3. The summed E-state index contributed by atoms with van der Waals surface area (Å²) >= 11 is 3.59. The van der Waals surface area contributed by atoms with E-state index in [1.165, 1.54) is 0 Å². The minimum absolute atomic E-state index is 0. The van der Waals surface area contributed by atoms with E-state index in [-0.39, 0.29) is 30.8 Å².